The normalized spacial score (nSPS) is 15.2. The van der Waals surface area contributed by atoms with Crippen LogP contribution < -0.4 is 21.1 Å². The summed E-state index contributed by atoms with van der Waals surface area (Å²) in [5.41, 5.74) is 6.84. The zero-order valence-corrected chi connectivity index (χ0v) is 13.9. The van der Waals surface area contributed by atoms with Crippen LogP contribution in [0.15, 0.2) is 18.2 Å². The van der Waals surface area contributed by atoms with E-state index >= 15 is 0 Å². The highest BCUT2D eigenvalue weighted by atomic mass is 16.5. The molecule has 0 fully saturated rings. The summed E-state index contributed by atoms with van der Waals surface area (Å²) in [7, 11) is 0. The van der Waals surface area contributed by atoms with Crippen LogP contribution in [0, 0.1) is 5.41 Å². The van der Waals surface area contributed by atoms with Gasteiger partial charge in [0.25, 0.3) is 5.91 Å². The second-order valence-electron chi connectivity index (χ2n) is 5.98. The molecule has 0 saturated carbocycles. The SMILES string of the molecule is CCC(CC)(CN)C(=O)NC(C)c1ccc2c(c1)NC(=O)CO2. The maximum Gasteiger partial charge on any atom is 0.262 e. The lowest BCUT2D eigenvalue weighted by Crippen LogP contribution is -2.46. The van der Waals surface area contributed by atoms with Crippen molar-refractivity contribution in [3.63, 3.8) is 0 Å². The number of carbonyl (C=O) groups is 2. The van der Waals surface area contributed by atoms with Gasteiger partial charge in [-0.15, -0.1) is 0 Å². The highest BCUT2D eigenvalue weighted by molar-refractivity contribution is 5.95. The maximum atomic E-state index is 12.6. The molecule has 0 spiro atoms. The van der Waals surface area contributed by atoms with E-state index in [9.17, 15) is 9.59 Å². The number of fused-ring (bicyclic) bond motifs is 1. The third kappa shape index (κ3) is 3.47. The van der Waals surface area contributed by atoms with Crippen molar-refractivity contribution in [2.24, 2.45) is 11.1 Å². The number of rotatable bonds is 6. The molecule has 126 valence electrons. The van der Waals surface area contributed by atoms with Gasteiger partial charge in [0.05, 0.1) is 17.1 Å². The molecule has 1 aliphatic heterocycles. The van der Waals surface area contributed by atoms with Gasteiger partial charge >= 0.3 is 0 Å². The molecule has 4 N–H and O–H groups in total. The van der Waals surface area contributed by atoms with Crippen molar-refractivity contribution in [3.8, 4) is 5.75 Å². The van der Waals surface area contributed by atoms with Gasteiger partial charge in [0, 0.05) is 6.54 Å². The zero-order chi connectivity index (χ0) is 17.0. The summed E-state index contributed by atoms with van der Waals surface area (Å²) in [5, 5.41) is 5.81. The molecule has 0 saturated heterocycles. The van der Waals surface area contributed by atoms with Crippen molar-refractivity contribution >= 4 is 17.5 Å². The second-order valence-corrected chi connectivity index (χ2v) is 5.98. The molecular formula is C17H25N3O3. The number of amides is 2. The standard InChI is InChI=1S/C17H25N3O3/c1-4-17(5-2,10-18)16(22)19-11(3)12-6-7-14-13(8-12)20-15(21)9-23-14/h6-8,11H,4-5,9-10,18H2,1-3H3,(H,19,22)(H,20,21). The fourth-order valence-electron chi connectivity index (χ4n) is 2.76. The van der Waals surface area contributed by atoms with E-state index in [0.717, 1.165) is 5.56 Å². The van der Waals surface area contributed by atoms with Gasteiger partial charge in [0.2, 0.25) is 5.91 Å². The highest BCUT2D eigenvalue weighted by Crippen LogP contribution is 2.31. The molecule has 6 heteroatoms. The molecule has 1 aliphatic rings. The Morgan fingerprint density at radius 1 is 1.43 bits per heavy atom. The molecule has 1 atom stereocenters. The average molecular weight is 319 g/mol. The van der Waals surface area contributed by atoms with Crippen LogP contribution in [0.5, 0.6) is 5.75 Å². The van der Waals surface area contributed by atoms with Crippen LogP contribution in [0.3, 0.4) is 0 Å². The molecule has 1 aromatic carbocycles. The number of ether oxygens (including phenoxy) is 1. The number of carbonyl (C=O) groups excluding carboxylic acids is 2. The Labute approximate surface area is 136 Å². The van der Waals surface area contributed by atoms with Gasteiger partial charge in [-0.3, -0.25) is 9.59 Å². The largest absolute Gasteiger partial charge is 0.482 e. The molecule has 1 unspecified atom stereocenters. The fourth-order valence-corrected chi connectivity index (χ4v) is 2.76. The Balaban J connectivity index is 2.15. The van der Waals surface area contributed by atoms with Crippen LogP contribution in [-0.2, 0) is 9.59 Å². The van der Waals surface area contributed by atoms with E-state index in [1.54, 1.807) is 0 Å². The summed E-state index contributed by atoms with van der Waals surface area (Å²) in [5.74, 6) is 0.436. The number of anilines is 1. The van der Waals surface area contributed by atoms with Crippen LogP contribution in [0.25, 0.3) is 0 Å². The first-order chi connectivity index (χ1) is 11.0. The van der Waals surface area contributed by atoms with Crippen molar-refractivity contribution in [3.05, 3.63) is 23.8 Å². The predicted molar refractivity (Wildman–Crippen MR) is 89.2 cm³/mol. The number of nitrogens with two attached hydrogens (primary N) is 1. The Hall–Kier alpha value is -2.08. The topological polar surface area (TPSA) is 93.5 Å². The first-order valence-electron chi connectivity index (χ1n) is 8.03. The van der Waals surface area contributed by atoms with Gasteiger partial charge in [-0.25, -0.2) is 0 Å². The third-order valence-corrected chi connectivity index (χ3v) is 4.71. The van der Waals surface area contributed by atoms with Crippen molar-refractivity contribution in [2.75, 3.05) is 18.5 Å². The van der Waals surface area contributed by atoms with Crippen molar-refractivity contribution in [1.29, 1.82) is 0 Å². The van der Waals surface area contributed by atoms with E-state index in [2.05, 4.69) is 10.6 Å². The van der Waals surface area contributed by atoms with Crippen LogP contribution in [0.2, 0.25) is 0 Å². The fraction of sp³-hybridized carbons (Fsp3) is 0.529. The van der Waals surface area contributed by atoms with Gasteiger partial charge in [0.15, 0.2) is 6.61 Å². The van der Waals surface area contributed by atoms with E-state index in [1.165, 1.54) is 0 Å². The zero-order valence-electron chi connectivity index (χ0n) is 13.9. The molecule has 1 aromatic rings. The highest BCUT2D eigenvalue weighted by Gasteiger charge is 2.34. The molecule has 0 bridgehead atoms. The second kappa shape index (κ2) is 7.00. The van der Waals surface area contributed by atoms with Gasteiger partial charge in [-0.05, 0) is 37.5 Å². The first kappa shape index (κ1) is 17.3. The molecule has 2 rings (SSSR count). The number of hydrogen-bond acceptors (Lipinski definition) is 4. The van der Waals surface area contributed by atoms with Crippen LogP contribution >= 0.6 is 0 Å². The minimum absolute atomic E-state index is 0.0319. The third-order valence-electron chi connectivity index (χ3n) is 4.71. The Bertz CT molecular complexity index is 588. The van der Waals surface area contributed by atoms with Crippen LogP contribution in [-0.4, -0.2) is 25.0 Å². The molecule has 0 radical (unpaired) electrons. The molecular weight excluding hydrogens is 294 g/mol. The average Bonchev–Trinajstić information content (AvgIpc) is 2.56. The smallest absolute Gasteiger partial charge is 0.262 e. The maximum absolute atomic E-state index is 12.6. The predicted octanol–water partition coefficient (Wildman–Crippen LogP) is 1.96. The van der Waals surface area contributed by atoms with Crippen LogP contribution in [0.1, 0.15) is 45.2 Å². The van der Waals surface area contributed by atoms with E-state index in [4.69, 9.17) is 10.5 Å². The number of benzene rings is 1. The molecule has 0 aromatic heterocycles. The molecule has 2 amide bonds. The Morgan fingerprint density at radius 2 is 2.13 bits per heavy atom. The molecule has 1 heterocycles. The quantitative estimate of drug-likeness (QED) is 0.747. The summed E-state index contributed by atoms with van der Waals surface area (Å²) < 4.78 is 5.34. The summed E-state index contributed by atoms with van der Waals surface area (Å²) >= 11 is 0. The lowest BCUT2D eigenvalue weighted by Gasteiger charge is -2.30. The minimum Gasteiger partial charge on any atom is -0.482 e. The molecule has 6 nitrogen and oxygen atoms in total. The molecule has 23 heavy (non-hydrogen) atoms. The number of hydrogen-bond donors (Lipinski definition) is 3. The summed E-state index contributed by atoms with van der Waals surface area (Å²) in [6, 6.07) is 5.35. The van der Waals surface area contributed by atoms with E-state index in [1.807, 2.05) is 39.0 Å². The summed E-state index contributed by atoms with van der Waals surface area (Å²) in [6.45, 7) is 6.23. The Kier molecular flexibility index (Phi) is 5.26. The first-order valence-corrected chi connectivity index (χ1v) is 8.03. The summed E-state index contributed by atoms with van der Waals surface area (Å²) in [6.07, 6.45) is 1.40. The number of nitrogens with one attached hydrogen (secondary N) is 2. The summed E-state index contributed by atoms with van der Waals surface area (Å²) in [4.78, 5) is 24.0. The minimum atomic E-state index is -0.528. The Morgan fingerprint density at radius 3 is 2.74 bits per heavy atom. The lowest BCUT2D eigenvalue weighted by atomic mass is 9.81. The van der Waals surface area contributed by atoms with Gasteiger partial charge in [-0.2, -0.15) is 0 Å². The van der Waals surface area contributed by atoms with Crippen molar-refractivity contribution in [1.82, 2.24) is 5.32 Å². The van der Waals surface area contributed by atoms with Gasteiger partial charge < -0.3 is 21.1 Å². The van der Waals surface area contributed by atoms with Crippen molar-refractivity contribution < 1.29 is 14.3 Å². The monoisotopic (exact) mass is 319 g/mol. The van der Waals surface area contributed by atoms with Gasteiger partial charge in [-0.1, -0.05) is 19.9 Å². The molecule has 0 aliphatic carbocycles. The van der Waals surface area contributed by atoms with Gasteiger partial charge in [0.1, 0.15) is 5.75 Å². The lowest BCUT2D eigenvalue weighted by molar-refractivity contribution is -0.131. The van der Waals surface area contributed by atoms with E-state index in [0.29, 0.717) is 30.8 Å². The van der Waals surface area contributed by atoms with Crippen molar-refractivity contribution in [2.45, 2.75) is 39.7 Å². The van der Waals surface area contributed by atoms with E-state index < -0.39 is 5.41 Å². The van der Waals surface area contributed by atoms with Crippen LogP contribution in [0.4, 0.5) is 5.69 Å². The van der Waals surface area contributed by atoms with E-state index in [-0.39, 0.29) is 24.5 Å².